The van der Waals surface area contributed by atoms with Crippen LogP contribution in [0.3, 0.4) is 0 Å². The van der Waals surface area contributed by atoms with Crippen LogP contribution in [0.1, 0.15) is 220 Å². The Hall–Kier alpha value is -6.35. The second kappa shape index (κ2) is 40.9. The average Bonchev–Trinajstić information content (AvgIpc) is 2.35. The minimum absolute atomic E-state index is 0.00672. The number of aliphatic hydroxyl groups is 1. The van der Waals surface area contributed by atoms with Crippen molar-refractivity contribution in [1.82, 2.24) is 0 Å². The van der Waals surface area contributed by atoms with E-state index in [0.29, 0.717) is 76.6 Å². The molecule has 0 fully saturated rings. The molecule has 478 valence electrons. The van der Waals surface area contributed by atoms with E-state index in [9.17, 15) is 29.6 Å². The van der Waals surface area contributed by atoms with Crippen LogP contribution in [0, 0.1) is 57.5 Å². The van der Waals surface area contributed by atoms with E-state index >= 15 is 0 Å². The molecule has 0 heterocycles. The van der Waals surface area contributed by atoms with Crippen molar-refractivity contribution in [2.75, 3.05) is 29.2 Å². The molecule has 0 radical (unpaired) electrons. The van der Waals surface area contributed by atoms with Crippen LogP contribution in [0.4, 0.5) is 37.1 Å². The highest BCUT2D eigenvalue weighted by molar-refractivity contribution is 5.86. The highest BCUT2D eigenvalue weighted by atomic mass is 16.6. The number of hydrogen-bond acceptors (Lipinski definition) is 11. The van der Waals surface area contributed by atoms with Crippen LogP contribution >= 0.6 is 0 Å². The summed E-state index contributed by atoms with van der Waals surface area (Å²) < 4.78 is 29.0. The highest BCUT2D eigenvalue weighted by Gasteiger charge is 2.23. The molecule has 4 N–H and O–H groups in total. The van der Waals surface area contributed by atoms with Gasteiger partial charge in [-0.05, 0) is 119 Å². The van der Waals surface area contributed by atoms with Gasteiger partial charge in [-0.3, -0.25) is 26.1 Å². The van der Waals surface area contributed by atoms with Gasteiger partial charge in [0.2, 0.25) is 0 Å². The van der Waals surface area contributed by atoms with Gasteiger partial charge in [0.1, 0.15) is 19.8 Å². The molecule has 4 aromatic rings. The maximum atomic E-state index is 13.1. The minimum atomic E-state index is -0.809. The Labute approximate surface area is 516 Å². The van der Waals surface area contributed by atoms with E-state index in [4.69, 9.17) is 23.7 Å². The smallest absolute Gasteiger partial charge is 0.411 e. The minimum Gasteiger partial charge on any atom is -0.490 e. The summed E-state index contributed by atoms with van der Waals surface area (Å²) in [4.78, 5) is 50.1. The van der Waals surface area contributed by atoms with E-state index in [1.54, 1.807) is 78.9 Å². The number of hydrogen-bond donors (Lipinski definition) is 4. The number of ether oxygens (including phenoxy) is 5. The van der Waals surface area contributed by atoms with Gasteiger partial charge in [0, 0.05) is 17.1 Å². The summed E-state index contributed by atoms with van der Waals surface area (Å²) in [5, 5.41) is 29.7. The van der Waals surface area contributed by atoms with Gasteiger partial charge in [-0.25, -0.2) is 14.4 Å². The lowest BCUT2D eigenvalue weighted by Gasteiger charge is -2.18. The van der Waals surface area contributed by atoms with Crippen LogP contribution in [-0.4, -0.2) is 41.5 Å². The lowest BCUT2D eigenvalue weighted by Crippen LogP contribution is -2.15. The molecule has 0 spiro atoms. The largest absolute Gasteiger partial charge is 0.490 e. The average molecular weight is 1190 g/mol. The molecule has 86 heavy (non-hydrogen) atoms. The molecule has 6 atom stereocenters. The molecular formula is C71H108N4O11. The molecule has 0 bridgehead atoms. The van der Waals surface area contributed by atoms with E-state index in [0.717, 1.165) is 61.3 Å². The van der Waals surface area contributed by atoms with Gasteiger partial charge in [0.25, 0.3) is 5.69 Å². The zero-order valence-electron chi connectivity index (χ0n) is 54.1. The Bertz CT molecular complexity index is 2540. The fraction of sp³-hybridized carbons (Fsp3) is 0.620. The molecular weight excluding hydrogens is 1080 g/mol. The number of carbonyl (C=O) groups is 3. The normalized spacial score (nSPS) is 13.5. The Kier molecular flexibility index (Phi) is 34.3. The van der Waals surface area contributed by atoms with Gasteiger partial charge in [-0.2, -0.15) is 0 Å². The van der Waals surface area contributed by atoms with Crippen LogP contribution in [0.25, 0.3) is 0 Å². The molecule has 2 unspecified atom stereocenters. The number of anilines is 3. The molecule has 0 saturated heterocycles. The third-order valence-electron chi connectivity index (χ3n) is 16.5. The van der Waals surface area contributed by atoms with Crippen molar-refractivity contribution < 1.29 is 48.1 Å². The predicted octanol–water partition coefficient (Wildman–Crippen LogP) is 20.0. The van der Waals surface area contributed by atoms with E-state index in [-0.39, 0.29) is 37.7 Å². The third kappa shape index (κ3) is 31.3. The van der Waals surface area contributed by atoms with Gasteiger partial charge in [0.05, 0.1) is 36.4 Å². The predicted molar refractivity (Wildman–Crippen MR) is 348 cm³/mol. The Morgan fingerprint density at radius 3 is 1.02 bits per heavy atom. The summed E-state index contributed by atoms with van der Waals surface area (Å²) in [7, 11) is 0. The number of carbonyl (C=O) groups excluding carboxylic acids is 3. The number of nitrogens with one attached hydrogen (secondary N) is 3. The van der Waals surface area contributed by atoms with Gasteiger partial charge in [0.15, 0.2) is 11.5 Å². The van der Waals surface area contributed by atoms with Crippen molar-refractivity contribution in [2.45, 2.75) is 224 Å². The number of rotatable bonds is 43. The molecule has 0 aliphatic rings. The third-order valence-corrected chi connectivity index (χ3v) is 16.5. The van der Waals surface area contributed by atoms with Crippen LogP contribution in [0.15, 0.2) is 84.9 Å². The molecule has 0 aromatic heterocycles. The van der Waals surface area contributed by atoms with E-state index in [1.165, 1.54) is 102 Å². The number of amides is 3. The van der Waals surface area contributed by atoms with E-state index in [2.05, 4.69) is 85.2 Å². The quantitative estimate of drug-likeness (QED) is 0.0187. The summed E-state index contributed by atoms with van der Waals surface area (Å²) in [6.07, 6.45) is 22.2. The standard InChI is InChI=1S/C71H108N4O11/c1-51(2)17-11-19-53(5)21-13-23-55(7)25-15-27-57(9)41-43-82-67-45-62(66(75(80)81)46-68(67)83-44-42-58(10)28-16-26-56(8)24-14-22-54(6)20-12-18-52(3)4)50-86-71(79)74-65-39-33-61(34-40-65)49-85-70(78)73-64-37-31-60(32-38-64)48-84-69(77)72-63-35-29-59(47-76)30-36-63/h29-40,45-46,51-58,76H,11-28,41-44,47-50H2,1-10H3,(H,72,77)(H,73,78)(H,74,79)/t53-,54-,55-,56-,57?,58?/m1/s1. The monoisotopic (exact) mass is 1190 g/mol. The topological polar surface area (TPSA) is 197 Å². The fourth-order valence-corrected chi connectivity index (χ4v) is 10.7. The van der Waals surface area contributed by atoms with E-state index in [1.807, 2.05) is 0 Å². The summed E-state index contributed by atoms with van der Waals surface area (Å²) >= 11 is 0. The Morgan fingerprint density at radius 1 is 0.419 bits per heavy atom. The van der Waals surface area contributed by atoms with Gasteiger partial charge in [-0.15, -0.1) is 0 Å². The molecule has 0 aliphatic carbocycles. The van der Waals surface area contributed by atoms with Crippen molar-refractivity contribution in [2.24, 2.45) is 47.3 Å². The van der Waals surface area contributed by atoms with Crippen molar-refractivity contribution in [3.05, 3.63) is 117 Å². The number of nitrogens with zero attached hydrogens (tertiary/aromatic N) is 1. The SMILES string of the molecule is CC(C)CCC[C@@H](C)CCC[C@@H](C)CCCC(C)CCOc1cc(COC(=O)Nc2ccc(COC(=O)Nc3ccc(COC(=O)Nc4ccc(CO)cc4)cc3)cc2)c([N+](=O)[O-])cc1OCCC(C)CCC[C@H](C)CCC[C@H](C)CCCC(C)C. The van der Waals surface area contributed by atoms with Crippen molar-refractivity contribution in [3.8, 4) is 11.5 Å². The maximum absolute atomic E-state index is 13.1. The van der Waals surface area contributed by atoms with Crippen LogP contribution in [-0.2, 0) is 40.6 Å². The molecule has 3 amide bonds. The molecule has 4 rings (SSSR count). The number of aliphatic hydroxyl groups excluding tert-OH is 1. The molecule has 4 aromatic carbocycles. The van der Waals surface area contributed by atoms with Crippen LogP contribution in [0.5, 0.6) is 11.5 Å². The molecule has 0 saturated carbocycles. The van der Waals surface area contributed by atoms with Crippen LogP contribution < -0.4 is 25.4 Å². The lowest BCUT2D eigenvalue weighted by atomic mass is 9.91. The second-order valence-electron chi connectivity index (χ2n) is 25.8. The first-order chi connectivity index (χ1) is 41.2. The van der Waals surface area contributed by atoms with Crippen molar-refractivity contribution >= 4 is 41.0 Å². The van der Waals surface area contributed by atoms with E-state index < -0.39 is 23.2 Å². The zero-order valence-corrected chi connectivity index (χ0v) is 54.1. The molecule has 15 nitrogen and oxygen atoms in total. The lowest BCUT2D eigenvalue weighted by molar-refractivity contribution is -0.385. The van der Waals surface area contributed by atoms with Gasteiger partial charge >= 0.3 is 18.3 Å². The Morgan fingerprint density at radius 2 is 0.709 bits per heavy atom. The highest BCUT2D eigenvalue weighted by Crippen LogP contribution is 2.37. The van der Waals surface area contributed by atoms with Crippen molar-refractivity contribution in [3.63, 3.8) is 0 Å². The van der Waals surface area contributed by atoms with Gasteiger partial charge < -0.3 is 28.8 Å². The summed E-state index contributed by atoms with van der Waals surface area (Å²) in [6, 6.07) is 23.1. The Balaban J connectivity index is 1.26. The maximum Gasteiger partial charge on any atom is 0.411 e. The van der Waals surface area contributed by atoms with Crippen molar-refractivity contribution in [1.29, 1.82) is 0 Å². The number of benzene rings is 4. The number of nitro benzene ring substituents is 1. The molecule has 0 aliphatic heterocycles. The first-order valence-corrected chi connectivity index (χ1v) is 32.5. The fourth-order valence-electron chi connectivity index (χ4n) is 10.7. The second-order valence-corrected chi connectivity index (χ2v) is 25.8. The van der Waals surface area contributed by atoms with Crippen LogP contribution in [0.2, 0.25) is 0 Å². The molecule has 15 heteroatoms. The summed E-state index contributed by atoms with van der Waals surface area (Å²) in [6.45, 7) is 23.6. The van der Waals surface area contributed by atoms with Gasteiger partial charge in [-0.1, -0.05) is 221 Å². The zero-order chi connectivity index (χ0) is 62.6. The number of nitro groups is 1. The summed E-state index contributed by atoms with van der Waals surface area (Å²) in [5.41, 5.74) is 3.45. The summed E-state index contributed by atoms with van der Waals surface area (Å²) in [5.74, 6) is 6.14. The first-order valence-electron chi connectivity index (χ1n) is 32.5. The first kappa shape index (κ1) is 72.1.